The van der Waals surface area contributed by atoms with Crippen LogP contribution in [0.4, 0.5) is 11.4 Å². The Morgan fingerprint density at radius 3 is 2.57 bits per heavy atom. The van der Waals surface area contributed by atoms with E-state index in [1.807, 2.05) is 43.3 Å². The molecule has 1 atom stereocenters. The third-order valence-electron chi connectivity index (χ3n) is 6.03. The zero-order chi connectivity index (χ0) is 20.1. The first-order valence-corrected chi connectivity index (χ1v) is 9.82. The number of carbonyl (C=O) groups is 1. The molecule has 144 valence electrons. The van der Waals surface area contributed by atoms with Gasteiger partial charge in [-0.25, -0.2) is 0 Å². The normalized spacial score (nSPS) is 22.5. The Hall–Kier alpha value is -2.88. The summed E-state index contributed by atoms with van der Waals surface area (Å²) in [5, 5.41) is 5.96. The summed E-state index contributed by atoms with van der Waals surface area (Å²) in [4.78, 5) is 15.3. The molecule has 2 aromatic carbocycles. The molecular formula is C24H27N3O. The second-order valence-electron chi connectivity index (χ2n) is 8.49. The highest BCUT2D eigenvalue weighted by atomic mass is 16.2. The standard InChI is InChI=1S/C24H27N3O/c1-16-15-24(3,4)26(5)22-12-11-18(13-20(16)22)14-21-17(2)25-27(23(21)28)19-9-7-6-8-10-19/h6-14,16H,15H2,1-5H3/b21-14+. The maximum Gasteiger partial charge on any atom is 0.280 e. The minimum atomic E-state index is -0.0762. The van der Waals surface area contributed by atoms with E-state index in [2.05, 4.69) is 56.0 Å². The predicted octanol–water partition coefficient (Wildman–Crippen LogP) is 5.21. The largest absolute Gasteiger partial charge is 0.369 e. The van der Waals surface area contributed by atoms with Crippen molar-refractivity contribution >= 4 is 29.1 Å². The molecule has 1 amide bonds. The fourth-order valence-electron chi connectivity index (χ4n) is 4.28. The fourth-order valence-corrected chi connectivity index (χ4v) is 4.28. The summed E-state index contributed by atoms with van der Waals surface area (Å²) < 4.78 is 0. The molecule has 4 nitrogen and oxygen atoms in total. The Labute approximate surface area is 167 Å². The van der Waals surface area contributed by atoms with Gasteiger partial charge in [0, 0.05) is 18.3 Å². The molecule has 2 aliphatic rings. The van der Waals surface area contributed by atoms with Gasteiger partial charge in [-0.15, -0.1) is 0 Å². The summed E-state index contributed by atoms with van der Waals surface area (Å²) in [6.07, 6.45) is 3.08. The molecular weight excluding hydrogens is 346 g/mol. The van der Waals surface area contributed by atoms with E-state index < -0.39 is 0 Å². The first-order chi connectivity index (χ1) is 13.3. The Bertz CT molecular complexity index is 988. The average Bonchev–Trinajstić information content (AvgIpc) is 2.95. The van der Waals surface area contributed by atoms with Crippen molar-refractivity contribution in [2.24, 2.45) is 5.10 Å². The van der Waals surface area contributed by atoms with E-state index in [4.69, 9.17) is 0 Å². The molecule has 0 saturated carbocycles. The number of fused-ring (bicyclic) bond motifs is 1. The van der Waals surface area contributed by atoms with Crippen molar-refractivity contribution in [2.45, 2.75) is 45.6 Å². The van der Waals surface area contributed by atoms with Crippen molar-refractivity contribution in [3.8, 4) is 0 Å². The molecule has 0 aliphatic carbocycles. The Morgan fingerprint density at radius 1 is 1.14 bits per heavy atom. The summed E-state index contributed by atoms with van der Waals surface area (Å²) in [5.74, 6) is 0.405. The number of hydrazone groups is 1. The average molecular weight is 374 g/mol. The van der Waals surface area contributed by atoms with E-state index in [1.54, 1.807) is 0 Å². The summed E-state index contributed by atoms with van der Waals surface area (Å²) >= 11 is 0. The van der Waals surface area contributed by atoms with Crippen LogP contribution in [-0.2, 0) is 4.79 Å². The maximum atomic E-state index is 12.9. The van der Waals surface area contributed by atoms with E-state index in [-0.39, 0.29) is 11.4 Å². The molecule has 0 saturated heterocycles. The van der Waals surface area contributed by atoms with Crippen molar-refractivity contribution < 1.29 is 4.79 Å². The Kier molecular flexibility index (Phi) is 4.37. The molecule has 2 heterocycles. The number of rotatable bonds is 2. The summed E-state index contributed by atoms with van der Waals surface area (Å²) in [6, 6.07) is 16.1. The van der Waals surface area contributed by atoms with Gasteiger partial charge >= 0.3 is 0 Å². The lowest BCUT2D eigenvalue weighted by molar-refractivity contribution is -0.114. The van der Waals surface area contributed by atoms with Gasteiger partial charge in [0.15, 0.2) is 0 Å². The molecule has 1 unspecified atom stereocenters. The van der Waals surface area contributed by atoms with Crippen LogP contribution in [0.5, 0.6) is 0 Å². The van der Waals surface area contributed by atoms with Crippen molar-refractivity contribution in [1.29, 1.82) is 0 Å². The first-order valence-electron chi connectivity index (χ1n) is 9.82. The smallest absolute Gasteiger partial charge is 0.280 e. The third kappa shape index (κ3) is 3.03. The highest BCUT2D eigenvalue weighted by Gasteiger charge is 2.34. The van der Waals surface area contributed by atoms with Gasteiger partial charge < -0.3 is 4.90 Å². The van der Waals surface area contributed by atoms with E-state index >= 15 is 0 Å². The van der Waals surface area contributed by atoms with Gasteiger partial charge in [-0.3, -0.25) is 4.79 Å². The molecule has 0 fully saturated rings. The quantitative estimate of drug-likeness (QED) is 0.677. The zero-order valence-electron chi connectivity index (χ0n) is 17.2. The van der Waals surface area contributed by atoms with Crippen LogP contribution >= 0.6 is 0 Å². The van der Waals surface area contributed by atoms with E-state index in [9.17, 15) is 4.79 Å². The number of hydrogen-bond acceptors (Lipinski definition) is 3. The molecule has 2 aliphatic heterocycles. The van der Waals surface area contributed by atoms with Crippen molar-refractivity contribution in [3.05, 3.63) is 65.2 Å². The summed E-state index contributed by atoms with van der Waals surface area (Å²) in [7, 11) is 2.16. The SMILES string of the molecule is CC1=NN(c2ccccc2)C(=O)/C1=C/c1ccc2c(c1)C(C)CC(C)(C)N2C. The van der Waals surface area contributed by atoms with Crippen LogP contribution in [0, 0.1) is 0 Å². The van der Waals surface area contributed by atoms with Crippen molar-refractivity contribution in [2.75, 3.05) is 17.0 Å². The van der Waals surface area contributed by atoms with E-state index in [0.29, 0.717) is 11.5 Å². The van der Waals surface area contributed by atoms with E-state index in [0.717, 1.165) is 23.4 Å². The topological polar surface area (TPSA) is 35.9 Å². The second-order valence-corrected chi connectivity index (χ2v) is 8.49. The molecule has 28 heavy (non-hydrogen) atoms. The van der Waals surface area contributed by atoms with Gasteiger partial charge in [0.05, 0.1) is 17.0 Å². The number of para-hydroxylation sites is 1. The van der Waals surface area contributed by atoms with Gasteiger partial charge in [0.1, 0.15) is 0 Å². The van der Waals surface area contributed by atoms with Crippen molar-refractivity contribution in [1.82, 2.24) is 0 Å². The summed E-state index contributed by atoms with van der Waals surface area (Å²) in [5.41, 5.74) is 6.01. The molecule has 2 aromatic rings. The monoisotopic (exact) mass is 373 g/mol. The lowest BCUT2D eigenvalue weighted by Crippen LogP contribution is -2.45. The maximum absolute atomic E-state index is 12.9. The van der Waals surface area contributed by atoms with Gasteiger partial charge in [-0.1, -0.05) is 31.2 Å². The van der Waals surface area contributed by atoms with E-state index in [1.165, 1.54) is 16.3 Å². The lowest BCUT2D eigenvalue weighted by Gasteiger charge is -2.45. The van der Waals surface area contributed by atoms with Crippen molar-refractivity contribution in [3.63, 3.8) is 0 Å². The van der Waals surface area contributed by atoms with Crippen LogP contribution in [0.25, 0.3) is 6.08 Å². The van der Waals surface area contributed by atoms with Crippen LogP contribution in [0.1, 0.15) is 51.2 Å². The summed E-state index contributed by atoms with van der Waals surface area (Å²) in [6.45, 7) is 8.76. The van der Waals surface area contributed by atoms with Crippen LogP contribution < -0.4 is 9.91 Å². The molecule has 0 N–H and O–H groups in total. The zero-order valence-corrected chi connectivity index (χ0v) is 17.2. The van der Waals surface area contributed by atoms with Crippen LogP contribution in [0.3, 0.4) is 0 Å². The molecule has 0 spiro atoms. The number of benzene rings is 2. The Balaban J connectivity index is 1.68. The lowest BCUT2D eigenvalue weighted by atomic mass is 9.80. The second kappa shape index (κ2) is 6.62. The van der Waals surface area contributed by atoms with Crippen LogP contribution in [-0.4, -0.2) is 24.2 Å². The number of amides is 1. The highest BCUT2D eigenvalue weighted by molar-refractivity contribution is 6.32. The number of hydrogen-bond donors (Lipinski definition) is 0. The third-order valence-corrected chi connectivity index (χ3v) is 6.03. The van der Waals surface area contributed by atoms with Gasteiger partial charge in [-0.05, 0) is 74.6 Å². The highest BCUT2D eigenvalue weighted by Crippen LogP contribution is 2.42. The molecule has 4 heteroatoms. The van der Waals surface area contributed by atoms with Crippen LogP contribution in [0.2, 0.25) is 0 Å². The van der Waals surface area contributed by atoms with Gasteiger partial charge in [-0.2, -0.15) is 10.1 Å². The molecule has 4 rings (SSSR count). The molecule has 0 bridgehead atoms. The minimum absolute atomic E-state index is 0.0762. The minimum Gasteiger partial charge on any atom is -0.369 e. The predicted molar refractivity (Wildman–Crippen MR) is 117 cm³/mol. The van der Waals surface area contributed by atoms with Crippen LogP contribution in [0.15, 0.2) is 59.2 Å². The van der Waals surface area contributed by atoms with Gasteiger partial charge in [0.2, 0.25) is 0 Å². The molecule has 0 radical (unpaired) electrons. The fraction of sp³-hybridized carbons (Fsp3) is 0.333. The van der Waals surface area contributed by atoms with Gasteiger partial charge in [0.25, 0.3) is 5.91 Å². The first kappa shape index (κ1) is 18.5. The number of nitrogens with zero attached hydrogens (tertiary/aromatic N) is 3. The molecule has 0 aromatic heterocycles. The number of anilines is 2. The Morgan fingerprint density at radius 2 is 1.86 bits per heavy atom. The number of carbonyl (C=O) groups excluding carboxylic acids is 1.